The standard InChI is InChI=1S/C26H21NS/c1-17-7-3-5-9-21(17)19-11-13-23-25(15-19)28-26-16-20(12-14-24(26)27-23)22-10-6-4-8-18(22)2/h3-16,27H,1-2H3. The van der Waals surface area contributed by atoms with Crippen LogP contribution in [0.3, 0.4) is 0 Å². The molecule has 5 rings (SSSR count). The smallest absolute Gasteiger partial charge is 0.0526 e. The Kier molecular flexibility index (Phi) is 4.22. The van der Waals surface area contributed by atoms with Gasteiger partial charge in [0.05, 0.1) is 11.4 Å². The molecule has 1 heterocycles. The van der Waals surface area contributed by atoms with Crippen molar-refractivity contribution in [2.45, 2.75) is 23.6 Å². The van der Waals surface area contributed by atoms with E-state index in [1.807, 2.05) is 11.8 Å². The van der Waals surface area contributed by atoms with Crippen molar-refractivity contribution >= 4 is 23.1 Å². The molecule has 0 atom stereocenters. The summed E-state index contributed by atoms with van der Waals surface area (Å²) in [4.78, 5) is 2.55. The Morgan fingerprint density at radius 3 is 1.50 bits per heavy atom. The van der Waals surface area contributed by atoms with Gasteiger partial charge in [-0.2, -0.15) is 0 Å². The van der Waals surface area contributed by atoms with Gasteiger partial charge in [0.15, 0.2) is 0 Å². The second kappa shape index (κ2) is 6.88. The lowest BCUT2D eigenvalue weighted by atomic mass is 10.00. The third kappa shape index (κ3) is 3.00. The molecule has 0 spiro atoms. The first-order valence-electron chi connectivity index (χ1n) is 9.54. The molecule has 0 fully saturated rings. The summed E-state index contributed by atoms with van der Waals surface area (Å²) in [5.74, 6) is 0. The fourth-order valence-corrected chi connectivity index (χ4v) is 4.88. The van der Waals surface area contributed by atoms with Crippen molar-refractivity contribution in [3.8, 4) is 22.3 Å². The Morgan fingerprint density at radius 2 is 1.04 bits per heavy atom. The highest BCUT2D eigenvalue weighted by Crippen LogP contribution is 2.47. The van der Waals surface area contributed by atoms with Gasteiger partial charge in [-0.05, 0) is 71.5 Å². The van der Waals surface area contributed by atoms with Gasteiger partial charge in [-0.3, -0.25) is 0 Å². The normalized spacial score (nSPS) is 12.1. The van der Waals surface area contributed by atoms with Gasteiger partial charge in [0, 0.05) is 9.79 Å². The number of hydrogen-bond acceptors (Lipinski definition) is 2. The lowest BCUT2D eigenvalue weighted by Gasteiger charge is -2.22. The fourth-order valence-electron chi connectivity index (χ4n) is 3.81. The number of rotatable bonds is 2. The van der Waals surface area contributed by atoms with E-state index in [1.54, 1.807) is 0 Å². The number of fused-ring (bicyclic) bond motifs is 2. The maximum absolute atomic E-state index is 3.61. The van der Waals surface area contributed by atoms with E-state index in [2.05, 4.69) is 104 Å². The van der Waals surface area contributed by atoms with E-state index in [4.69, 9.17) is 0 Å². The first kappa shape index (κ1) is 17.2. The average Bonchev–Trinajstić information content (AvgIpc) is 2.72. The third-order valence-electron chi connectivity index (χ3n) is 5.36. The molecule has 0 aliphatic carbocycles. The van der Waals surface area contributed by atoms with Crippen molar-refractivity contribution < 1.29 is 0 Å². The van der Waals surface area contributed by atoms with E-state index >= 15 is 0 Å². The number of hydrogen-bond donors (Lipinski definition) is 1. The zero-order valence-electron chi connectivity index (χ0n) is 16.0. The van der Waals surface area contributed by atoms with Gasteiger partial charge >= 0.3 is 0 Å². The summed E-state index contributed by atoms with van der Waals surface area (Å²) in [7, 11) is 0. The van der Waals surface area contributed by atoms with Gasteiger partial charge < -0.3 is 5.32 Å². The molecule has 4 aromatic rings. The molecule has 2 heteroatoms. The van der Waals surface area contributed by atoms with Gasteiger partial charge in [0.1, 0.15) is 0 Å². The van der Waals surface area contributed by atoms with Crippen LogP contribution in [0.1, 0.15) is 11.1 Å². The molecule has 0 aromatic heterocycles. The van der Waals surface area contributed by atoms with Crippen molar-refractivity contribution in [2.75, 3.05) is 5.32 Å². The largest absolute Gasteiger partial charge is 0.354 e. The van der Waals surface area contributed by atoms with E-state index in [1.165, 1.54) is 54.5 Å². The van der Waals surface area contributed by atoms with Gasteiger partial charge in [0.2, 0.25) is 0 Å². The van der Waals surface area contributed by atoms with Crippen LogP contribution in [0.25, 0.3) is 22.3 Å². The Labute approximate surface area is 170 Å². The maximum atomic E-state index is 3.61. The highest BCUT2D eigenvalue weighted by Gasteiger charge is 2.17. The zero-order valence-corrected chi connectivity index (χ0v) is 16.8. The lowest BCUT2D eigenvalue weighted by molar-refractivity contribution is 1.31. The molecule has 0 saturated heterocycles. The van der Waals surface area contributed by atoms with Crippen LogP contribution in [0, 0.1) is 13.8 Å². The van der Waals surface area contributed by atoms with Gasteiger partial charge in [0.25, 0.3) is 0 Å². The molecule has 4 aromatic carbocycles. The molecule has 1 aliphatic rings. The Morgan fingerprint density at radius 1 is 0.571 bits per heavy atom. The van der Waals surface area contributed by atoms with Crippen LogP contribution in [-0.4, -0.2) is 0 Å². The van der Waals surface area contributed by atoms with Crippen LogP contribution >= 0.6 is 11.8 Å². The molecule has 0 bridgehead atoms. The fraction of sp³-hybridized carbons (Fsp3) is 0.0769. The summed E-state index contributed by atoms with van der Waals surface area (Å²) < 4.78 is 0. The quantitative estimate of drug-likeness (QED) is 0.335. The first-order valence-corrected chi connectivity index (χ1v) is 10.4. The SMILES string of the molecule is Cc1ccccc1-c1ccc2c(c1)Sc1cc(-c3ccccc3C)ccc1N2. The molecule has 1 nitrogen and oxygen atoms in total. The topological polar surface area (TPSA) is 12.0 Å². The van der Waals surface area contributed by atoms with Gasteiger partial charge in [-0.25, -0.2) is 0 Å². The molecule has 28 heavy (non-hydrogen) atoms. The van der Waals surface area contributed by atoms with Gasteiger partial charge in [-0.1, -0.05) is 72.4 Å². The van der Waals surface area contributed by atoms with Crippen LogP contribution in [0.4, 0.5) is 11.4 Å². The zero-order chi connectivity index (χ0) is 19.1. The second-order valence-electron chi connectivity index (χ2n) is 7.28. The van der Waals surface area contributed by atoms with Crippen LogP contribution in [0.15, 0.2) is 94.7 Å². The molecule has 0 unspecified atom stereocenters. The van der Waals surface area contributed by atoms with Crippen LogP contribution in [-0.2, 0) is 0 Å². The van der Waals surface area contributed by atoms with E-state index in [9.17, 15) is 0 Å². The molecular weight excluding hydrogens is 358 g/mol. The number of nitrogens with one attached hydrogen (secondary N) is 1. The number of anilines is 2. The maximum Gasteiger partial charge on any atom is 0.0526 e. The molecular formula is C26H21NS. The van der Waals surface area contributed by atoms with E-state index in [-0.39, 0.29) is 0 Å². The number of benzene rings is 4. The summed E-state index contributed by atoms with van der Waals surface area (Å²) in [6.45, 7) is 4.34. The Bertz CT molecular complexity index is 1100. The van der Waals surface area contributed by atoms with Crippen LogP contribution in [0.2, 0.25) is 0 Å². The van der Waals surface area contributed by atoms with Crippen molar-refractivity contribution in [2.24, 2.45) is 0 Å². The van der Waals surface area contributed by atoms with E-state index < -0.39 is 0 Å². The van der Waals surface area contributed by atoms with Crippen LogP contribution in [0.5, 0.6) is 0 Å². The van der Waals surface area contributed by atoms with Crippen LogP contribution < -0.4 is 5.32 Å². The molecule has 136 valence electrons. The predicted octanol–water partition coefficient (Wildman–Crippen LogP) is 7.85. The van der Waals surface area contributed by atoms with Crippen molar-refractivity contribution in [3.63, 3.8) is 0 Å². The summed E-state index contributed by atoms with van der Waals surface area (Å²) in [6.07, 6.45) is 0. The monoisotopic (exact) mass is 379 g/mol. The third-order valence-corrected chi connectivity index (χ3v) is 6.48. The summed E-state index contributed by atoms with van der Waals surface area (Å²) in [5, 5.41) is 3.61. The van der Waals surface area contributed by atoms with Crippen molar-refractivity contribution in [3.05, 3.63) is 96.1 Å². The minimum atomic E-state index is 1.18. The van der Waals surface area contributed by atoms with E-state index in [0.717, 1.165) is 0 Å². The van der Waals surface area contributed by atoms with Crippen molar-refractivity contribution in [1.82, 2.24) is 0 Å². The predicted molar refractivity (Wildman–Crippen MR) is 121 cm³/mol. The highest BCUT2D eigenvalue weighted by atomic mass is 32.2. The van der Waals surface area contributed by atoms with Gasteiger partial charge in [-0.15, -0.1) is 0 Å². The molecule has 0 saturated carbocycles. The van der Waals surface area contributed by atoms with E-state index in [0.29, 0.717) is 0 Å². The average molecular weight is 380 g/mol. The summed E-state index contributed by atoms with van der Waals surface area (Å²) >= 11 is 1.85. The molecule has 1 N–H and O–H groups in total. The Hall–Kier alpha value is -2.97. The Balaban J connectivity index is 1.54. The molecule has 1 aliphatic heterocycles. The summed E-state index contributed by atoms with van der Waals surface area (Å²) in [6, 6.07) is 30.6. The molecule has 0 radical (unpaired) electrons. The summed E-state index contributed by atoms with van der Waals surface area (Å²) in [5.41, 5.74) is 10.1. The first-order chi connectivity index (χ1) is 13.7. The second-order valence-corrected chi connectivity index (χ2v) is 8.36. The van der Waals surface area contributed by atoms with Crippen molar-refractivity contribution in [1.29, 1.82) is 0 Å². The minimum Gasteiger partial charge on any atom is -0.354 e. The lowest BCUT2D eigenvalue weighted by Crippen LogP contribution is -2.00. The molecule has 0 amide bonds. The number of aryl methyl sites for hydroxylation is 2. The highest BCUT2D eigenvalue weighted by molar-refractivity contribution is 7.99. The minimum absolute atomic E-state index is 1.18.